The van der Waals surface area contributed by atoms with Crippen molar-refractivity contribution >= 4 is 5.91 Å². The highest BCUT2D eigenvalue weighted by Crippen LogP contribution is 2.15. The molecule has 18 heavy (non-hydrogen) atoms. The van der Waals surface area contributed by atoms with Crippen molar-refractivity contribution in [1.82, 2.24) is 15.1 Å². The number of rotatable bonds is 6. The van der Waals surface area contributed by atoms with E-state index < -0.39 is 0 Å². The van der Waals surface area contributed by atoms with Gasteiger partial charge in [0, 0.05) is 12.6 Å². The van der Waals surface area contributed by atoms with Crippen LogP contribution in [-0.4, -0.2) is 27.8 Å². The maximum absolute atomic E-state index is 12.2. The summed E-state index contributed by atoms with van der Waals surface area (Å²) in [5, 5.41) is 7.34. The molecule has 0 radical (unpaired) electrons. The minimum absolute atomic E-state index is 0.0810. The van der Waals surface area contributed by atoms with Gasteiger partial charge in [-0.1, -0.05) is 13.8 Å². The predicted octanol–water partition coefficient (Wildman–Crippen LogP) is 1.23. The maximum atomic E-state index is 12.2. The van der Waals surface area contributed by atoms with Gasteiger partial charge in [0.1, 0.15) is 5.69 Å². The second kappa shape index (κ2) is 6.00. The van der Waals surface area contributed by atoms with Crippen LogP contribution in [0.4, 0.5) is 0 Å². The number of aryl methyl sites for hydroxylation is 2. The Bertz CT molecular complexity index is 413. The van der Waals surface area contributed by atoms with Crippen LogP contribution < -0.4 is 11.1 Å². The van der Waals surface area contributed by atoms with Crippen LogP contribution in [0.15, 0.2) is 6.07 Å². The number of nitrogens with zero attached hydrogens (tertiary/aromatic N) is 2. The Morgan fingerprint density at radius 1 is 1.56 bits per heavy atom. The molecule has 1 heterocycles. The van der Waals surface area contributed by atoms with Crippen molar-refractivity contribution in [2.75, 3.05) is 6.54 Å². The zero-order valence-electron chi connectivity index (χ0n) is 11.8. The summed E-state index contributed by atoms with van der Waals surface area (Å²) < 4.78 is 1.63. The number of carbonyl (C=O) groups is 1. The molecule has 0 aliphatic heterocycles. The number of nitrogens with one attached hydrogen (secondary N) is 1. The Kier molecular flexibility index (Phi) is 4.90. The minimum atomic E-state index is -0.248. The molecule has 0 bridgehead atoms. The molecular weight excluding hydrogens is 228 g/mol. The van der Waals surface area contributed by atoms with Crippen LogP contribution in [-0.2, 0) is 13.5 Å². The lowest BCUT2D eigenvalue weighted by Crippen LogP contribution is -2.47. The highest BCUT2D eigenvalue weighted by atomic mass is 16.2. The van der Waals surface area contributed by atoms with Crippen molar-refractivity contribution in [3.63, 3.8) is 0 Å². The van der Waals surface area contributed by atoms with Crippen LogP contribution in [0, 0.1) is 0 Å². The number of nitrogens with two attached hydrogens (primary N) is 1. The van der Waals surface area contributed by atoms with Gasteiger partial charge in [-0.3, -0.25) is 9.48 Å². The highest BCUT2D eigenvalue weighted by molar-refractivity contribution is 5.93. The molecule has 102 valence electrons. The molecule has 0 aliphatic carbocycles. The summed E-state index contributed by atoms with van der Waals surface area (Å²) >= 11 is 0. The van der Waals surface area contributed by atoms with E-state index in [-0.39, 0.29) is 11.4 Å². The third kappa shape index (κ3) is 3.32. The summed E-state index contributed by atoms with van der Waals surface area (Å²) in [7, 11) is 1.79. The van der Waals surface area contributed by atoms with Gasteiger partial charge in [0.25, 0.3) is 5.91 Å². The average molecular weight is 252 g/mol. The molecular formula is C13H24N4O. The first kappa shape index (κ1) is 14.7. The SMILES string of the molecule is CCc1cc(C(=O)NC(C)(CC)CCN)n(C)n1. The van der Waals surface area contributed by atoms with Crippen LogP contribution >= 0.6 is 0 Å². The molecule has 0 saturated carbocycles. The molecule has 1 unspecified atom stereocenters. The molecule has 0 spiro atoms. The second-order valence-electron chi connectivity index (χ2n) is 4.91. The van der Waals surface area contributed by atoms with Crippen molar-refractivity contribution in [2.45, 2.75) is 45.6 Å². The molecule has 5 nitrogen and oxygen atoms in total. The maximum Gasteiger partial charge on any atom is 0.269 e. The zero-order chi connectivity index (χ0) is 13.8. The quantitative estimate of drug-likeness (QED) is 0.799. The number of amides is 1. The van der Waals surface area contributed by atoms with E-state index in [0.29, 0.717) is 12.2 Å². The third-order valence-corrected chi connectivity index (χ3v) is 3.42. The first-order chi connectivity index (χ1) is 8.45. The van der Waals surface area contributed by atoms with Gasteiger partial charge in [0.2, 0.25) is 0 Å². The number of hydrogen-bond donors (Lipinski definition) is 2. The van der Waals surface area contributed by atoms with Crippen LogP contribution in [0.1, 0.15) is 49.8 Å². The van der Waals surface area contributed by atoms with E-state index in [0.717, 1.165) is 25.0 Å². The van der Waals surface area contributed by atoms with Gasteiger partial charge in [0.05, 0.1) is 5.69 Å². The van der Waals surface area contributed by atoms with E-state index >= 15 is 0 Å². The smallest absolute Gasteiger partial charge is 0.269 e. The predicted molar refractivity (Wildman–Crippen MR) is 72.4 cm³/mol. The minimum Gasteiger partial charge on any atom is -0.346 e. The van der Waals surface area contributed by atoms with Gasteiger partial charge >= 0.3 is 0 Å². The third-order valence-electron chi connectivity index (χ3n) is 3.42. The summed E-state index contributed by atoms with van der Waals surface area (Å²) in [4.78, 5) is 12.2. The van der Waals surface area contributed by atoms with E-state index in [4.69, 9.17) is 5.73 Å². The molecule has 1 aromatic rings. The summed E-state index contributed by atoms with van der Waals surface area (Å²) in [6, 6.07) is 1.84. The van der Waals surface area contributed by atoms with Gasteiger partial charge in [0.15, 0.2) is 0 Å². The summed E-state index contributed by atoms with van der Waals surface area (Å²) in [5.74, 6) is -0.0810. The largest absolute Gasteiger partial charge is 0.346 e. The Hall–Kier alpha value is -1.36. The van der Waals surface area contributed by atoms with Crippen molar-refractivity contribution < 1.29 is 4.79 Å². The van der Waals surface area contributed by atoms with Gasteiger partial charge in [-0.05, 0) is 38.8 Å². The molecule has 0 aromatic carbocycles. The van der Waals surface area contributed by atoms with Gasteiger partial charge in [-0.2, -0.15) is 5.10 Å². The number of carbonyl (C=O) groups excluding carboxylic acids is 1. The van der Waals surface area contributed by atoms with Gasteiger partial charge in [-0.15, -0.1) is 0 Å². The number of hydrogen-bond acceptors (Lipinski definition) is 3. The summed E-state index contributed by atoms with van der Waals surface area (Å²) in [5.41, 5.74) is 6.87. The van der Waals surface area contributed by atoms with Crippen molar-refractivity contribution in [2.24, 2.45) is 12.8 Å². The molecule has 0 saturated heterocycles. The fourth-order valence-electron chi connectivity index (χ4n) is 1.90. The number of aromatic nitrogens is 2. The highest BCUT2D eigenvalue weighted by Gasteiger charge is 2.25. The van der Waals surface area contributed by atoms with Crippen LogP contribution in [0.25, 0.3) is 0 Å². The lowest BCUT2D eigenvalue weighted by molar-refractivity contribution is 0.0890. The Morgan fingerprint density at radius 3 is 2.67 bits per heavy atom. The molecule has 1 atom stereocenters. The molecule has 0 aliphatic rings. The standard InChI is InChI=1S/C13H24N4O/c1-5-10-9-11(17(4)16-10)12(18)15-13(3,6-2)7-8-14/h9H,5-8,14H2,1-4H3,(H,15,18). The van der Waals surface area contributed by atoms with E-state index in [9.17, 15) is 4.79 Å². The summed E-state index contributed by atoms with van der Waals surface area (Å²) in [6.45, 7) is 6.66. The molecule has 1 rings (SSSR count). The molecule has 3 N–H and O–H groups in total. The molecule has 0 fully saturated rings. The fraction of sp³-hybridized carbons (Fsp3) is 0.692. The molecule has 1 amide bonds. The fourth-order valence-corrected chi connectivity index (χ4v) is 1.90. The van der Waals surface area contributed by atoms with E-state index in [1.54, 1.807) is 11.7 Å². The zero-order valence-corrected chi connectivity index (χ0v) is 11.8. The molecule has 5 heteroatoms. The van der Waals surface area contributed by atoms with Gasteiger partial charge < -0.3 is 11.1 Å². The van der Waals surface area contributed by atoms with Crippen molar-refractivity contribution in [3.8, 4) is 0 Å². The first-order valence-electron chi connectivity index (χ1n) is 6.51. The van der Waals surface area contributed by atoms with Crippen LogP contribution in [0.2, 0.25) is 0 Å². The topological polar surface area (TPSA) is 72.9 Å². The first-order valence-corrected chi connectivity index (χ1v) is 6.51. The molecule has 1 aromatic heterocycles. The van der Waals surface area contributed by atoms with Crippen molar-refractivity contribution in [1.29, 1.82) is 0 Å². The Balaban J connectivity index is 2.83. The van der Waals surface area contributed by atoms with E-state index in [1.165, 1.54) is 0 Å². The van der Waals surface area contributed by atoms with Crippen LogP contribution in [0.5, 0.6) is 0 Å². The lowest BCUT2D eigenvalue weighted by atomic mass is 9.94. The Labute approximate surface area is 109 Å². The van der Waals surface area contributed by atoms with Crippen LogP contribution in [0.3, 0.4) is 0 Å². The van der Waals surface area contributed by atoms with Crippen molar-refractivity contribution in [3.05, 3.63) is 17.5 Å². The Morgan fingerprint density at radius 2 is 2.22 bits per heavy atom. The second-order valence-corrected chi connectivity index (χ2v) is 4.91. The van der Waals surface area contributed by atoms with Gasteiger partial charge in [-0.25, -0.2) is 0 Å². The van der Waals surface area contributed by atoms with E-state index in [2.05, 4.69) is 17.3 Å². The van der Waals surface area contributed by atoms with E-state index in [1.807, 2.05) is 19.9 Å². The normalized spacial score (nSPS) is 14.3. The lowest BCUT2D eigenvalue weighted by Gasteiger charge is -2.29. The average Bonchev–Trinajstić information content (AvgIpc) is 2.71. The summed E-state index contributed by atoms with van der Waals surface area (Å²) in [6.07, 6.45) is 2.46. The monoisotopic (exact) mass is 252 g/mol.